The van der Waals surface area contributed by atoms with Gasteiger partial charge in [-0.15, -0.1) is 0 Å². The molecule has 1 unspecified atom stereocenters. The van der Waals surface area contributed by atoms with Crippen LogP contribution in [0.4, 0.5) is 5.69 Å². The number of piperidine rings is 1. The summed E-state index contributed by atoms with van der Waals surface area (Å²) in [5.74, 6) is 0. The molecule has 4 nitrogen and oxygen atoms in total. The largest absolute Gasteiger partial charge is 0.398 e. The summed E-state index contributed by atoms with van der Waals surface area (Å²) in [5, 5.41) is 10.3. The fourth-order valence-electron chi connectivity index (χ4n) is 2.77. The average Bonchev–Trinajstić information content (AvgIpc) is 2.39. The van der Waals surface area contributed by atoms with Gasteiger partial charge in [-0.25, -0.2) is 0 Å². The summed E-state index contributed by atoms with van der Waals surface area (Å²) in [4.78, 5) is 4.63. The zero-order chi connectivity index (χ0) is 13.8. The Hall–Kier alpha value is -1.10. The lowest BCUT2D eigenvalue weighted by Crippen LogP contribution is -2.43. The number of aliphatic hydroxyl groups excluding tert-OH is 1. The fourth-order valence-corrected chi connectivity index (χ4v) is 2.77. The lowest BCUT2D eigenvalue weighted by atomic mass is 10.0. The van der Waals surface area contributed by atoms with E-state index in [2.05, 4.69) is 23.9 Å². The lowest BCUT2D eigenvalue weighted by Gasteiger charge is -2.36. The van der Waals surface area contributed by atoms with Crippen LogP contribution in [0.3, 0.4) is 0 Å². The zero-order valence-corrected chi connectivity index (χ0v) is 11.9. The number of rotatable bonds is 4. The summed E-state index contributed by atoms with van der Waals surface area (Å²) >= 11 is 0. The van der Waals surface area contributed by atoms with E-state index in [0.29, 0.717) is 18.3 Å². The topological polar surface area (TPSA) is 52.7 Å². The first-order chi connectivity index (χ1) is 9.08. The van der Waals surface area contributed by atoms with Crippen molar-refractivity contribution < 1.29 is 5.11 Å². The number of likely N-dealkylation sites (tertiary alicyclic amines) is 1. The van der Waals surface area contributed by atoms with E-state index < -0.39 is 6.10 Å². The Balaban J connectivity index is 1.91. The number of benzene rings is 1. The van der Waals surface area contributed by atoms with Crippen LogP contribution in [-0.2, 0) is 0 Å². The SMILES string of the molecule is CN1CCC(N(C)CC(O)c2ccccc2N)CC1. The number of aliphatic hydroxyl groups is 1. The Kier molecular flexibility index (Phi) is 4.80. The second-order valence-electron chi connectivity index (χ2n) is 5.62. The van der Waals surface area contributed by atoms with Gasteiger partial charge in [0.1, 0.15) is 0 Å². The van der Waals surface area contributed by atoms with Gasteiger partial charge in [0.05, 0.1) is 6.10 Å². The number of hydrogen-bond acceptors (Lipinski definition) is 4. The van der Waals surface area contributed by atoms with E-state index in [1.807, 2.05) is 24.3 Å². The van der Waals surface area contributed by atoms with E-state index in [1.54, 1.807) is 0 Å². The molecule has 0 saturated carbocycles. The first kappa shape index (κ1) is 14.3. The molecule has 1 atom stereocenters. The average molecular weight is 263 g/mol. The number of nitrogen functional groups attached to an aromatic ring is 1. The lowest BCUT2D eigenvalue weighted by molar-refractivity contribution is 0.0792. The van der Waals surface area contributed by atoms with Crippen LogP contribution in [0.1, 0.15) is 24.5 Å². The van der Waals surface area contributed by atoms with Gasteiger partial charge in [0.25, 0.3) is 0 Å². The van der Waals surface area contributed by atoms with Crippen molar-refractivity contribution in [2.24, 2.45) is 0 Å². The van der Waals surface area contributed by atoms with Gasteiger partial charge in [0, 0.05) is 23.8 Å². The van der Waals surface area contributed by atoms with Crippen molar-refractivity contribution in [1.29, 1.82) is 0 Å². The molecule has 1 aliphatic rings. The van der Waals surface area contributed by atoms with Crippen LogP contribution in [0.15, 0.2) is 24.3 Å². The quantitative estimate of drug-likeness (QED) is 0.805. The summed E-state index contributed by atoms with van der Waals surface area (Å²) in [7, 11) is 4.26. The molecule has 1 aromatic rings. The van der Waals surface area contributed by atoms with Crippen molar-refractivity contribution in [1.82, 2.24) is 9.80 Å². The van der Waals surface area contributed by atoms with Crippen molar-refractivity contribution in [3.63, 3.8) is 0 Å². The van der Waals surface area contributed by atoms with Crippen LogP contribution in [0, 0.1) is 0 Å². The van der Waals surface area contributed by atoms with Crippen LogP contribution in [0.2, 0.25) is 0 Å². The van der Waals surface area contributed by atoms with Crippen LogP contribution in [-0.4, -0.2) is 54.7 Å². The Bertz CT molecular complexity index is 402. The van der Waals surface area contributed by atoms with E-state index in [9.17, 15) is 5.11 Å². The number of hydrogen-bond donors (Lipinski definition) is 2. The minimum Gasteiger partial charge on any atom is -0.398 e. The van der Waals surface area contributed by atoms with Gasteiger partial charge in [0.15, 0.2) is 0 Å². The van der Waals surface area contributed by atoms with Crippen LogP contribution in [0.5, 0.6) is 0 Å². The first-order valence-electron chi connectivity index (χ1n) is 6.99. The maximum Gasteiger partial charge on any atom is 0.0936 e. The molecule has 0 aliphatic carbocycles. The Morgan fingerprint density at radius 1 is 1.37 bits per heavy atom. The predicted octanol–water partition coefficient (Wildman–Crippen LogP) is 1.33. The third-order valence-electron chi connectivity index (χ3n) is 4.13. The number of likely N-dealkylation sites (N-methyl/N-ethyl adjacent to an activating group) is 1. The highest BCUT2D eigenvalue weighted by molar-refractivity contribution is 5.47. The molecule has 1 fully saturated rings. The molecule has 1 aliphatic heterocycles. The van der Waals surface area contributed by atoms with Gasteiger partial charge >= 0.3 is 0 Å². The molecule has 19 heavy (non-hydrogen) atoms. The normalized spacial score (nSPS) is 19.8. The molecular formula is C15H25N3O. The summed E-state index contributed by atoms with van der Waals surface area (Å²) in [6.07, 6.45) is 1.83. The molecule has 4 heteroatoms. The zero-order valence-electron chi connectivity index (χ0n) is 11.9. The number of para-hydroxylation sites is 1. The third kappa shape index (κ3) is 3.69. The molecule has 106 valence electrons. The second kappa shape index (κ2) is 6.37. The maximum absolute atomic E-state index is 10.3. The van der Waals surface area contributed by atoms with Crippen molar-refractivity contribution >= 4 is 5.69 Å². The molecule has 2 rings (SSSR count). The standard InChI is InChI=1S/C15H25N3O/c1-17-9-7-12(8-10-17)18(2)11-15(19)13-5-3-4-6-14(13)16/h3-6,12,15,19H,7-11,16H2,1-2H3. The fraction of sp³-hybridized carbons (Fsp3) is 0.600. The molecular weight excluding hydrogens is 238 g/mol. The molecule has 0 amide bonds. The molecule has 1 aromatic carbocycles. The highest BCUT2D eigenvalue weighted by atomic mass is 16.3. The monoisotopic (exact) mass is 263 g/mol. The molecule has 0 spiro atoms. The molecule has 0 radical (unpaired) electrons. The van der Waals surface area contributed by atoms with E-state index in [1.165, 1.54) is 12.8 Å². The molecule has 0 bridgehead atoms. The van der Waals surface area contributed by atoms with Gasteiger partial charge in [0.2, 0.25) is 0 Å². The van der Waals surface area contributed by atoms with E-state index >= 15 is 0 Å². The predicted molar refractivity (Wildman–Crippen MR) is 79.0 cm³/mol. The Morgan fingerprint density at radius 3 is 2.63 bits per heavy atom. The van der Waals surface area contributed by atoms with E-state index in [4.69, 9.17) is 5.73 Å². The highest BCUT2D eigenvalue weighted by Gasteiger charge is 2.23. The molecule has 3 N–H and O–H groups in total. The van der Waals surface area contributed by atoms with Crippen LogP contribution < -0.4 is 5.73 Å². The minimum absolute atomic E-state index is 0.508. The van der Waals surface area contributed by atoms with Gasteiger partial charge < -0.3 is 20.6 Å². The molecule has 0 aromatic heterocycles. The molecule has 1 saturated heterocycles. The van der Waals surface area contributed by atoms with Crippen LogP contribution in [0.25, 0.3) is 0 Å². The van der Waals surface area contributed by atoms with Gasteiger partial charge in [-0.3, -0.25) is 0 Å². The minimum atomic E-state index is -0.508. The number of anilines is 1. The summed E-state index contributed by atoms with van der Waals surface area (Å²) in [6, 6.07) is 8.13. The van der Waals surface area contributed by atoms with Gasteiger partial charge in [-0.2, -0.15) is 0 Å². The van der Waals surface area contributed by atoms with Gasteiger partial charge in [-0.1, -0.05) is 18.2 Å². The summed E-state index contributed by atoms with van der Waals surface area (Å²) < 4.78 is 0. The Labute approximate surface area is 115 Å². The summed E-state index contributed by atoms with van der Waals surface area (Å²) in [6.45, 7) is 2.92. The third-order valence-corrected chi connectivity index (χ3v) is 4.13. The van der Waals surface area contributed by atoms with E-state index in [-0.39, 0.29) is 0 Å². The second-order valence-corrected chi connectivity index (χ2v) is 5.62. The molecule has 1 heterocycles. The van der Waals surface area contributed by atoms with Crippen LogP contribution >= 0.6 is 0 Å². The van der Waals surface area contributed by atoms with E-state index in [0.717, 1.165) is 18.7 Å². The van der Waals surface area contributed by atoms with Crippen molar-refractivity contribution in [3.05, 3.63) is 29.8 Å². The number of nitrogens with two attached hydrogens (primary N) is 1. The maximum atomic E-state index is 10.3. The summed E-state index contributed by atoms with van der Waals surface area (Å²) in [5.41, 5.74) is 7.42. The highest BCUT2D eigenvalue weighted by Crippen LogP contribution is 2.22. The van der Waals surface area contributed by atoms with Crippen molar-refractivity contribution in [3.8, 4) is 0 Å². The van der Waals surface area contributed by atoms with Crippen molar-refractivity contribution in [2.45, 2.75) is 25.0 Å². The smallest absolute Gasteiger partial charge is 0.0936 e. The first-order valence-corrected chi connectivity index (χ1v) is 6.99. The van der Waals surface area contributed by atoms with Crippen molar-refractivity contribution in [2.75, 3.05) is 39.5 Å². The number of nitrogens with zero attached hydrogens (tertiary/aromatic N) is 2. The Morgan fingerprint density at radius 2 is 2.00 bits per heavy atom. The van der Waals surface area contributed by atoms with Gasteiger partial charge in [-0.05, 0) is 46.1 Å².